The van der Waals surface area contributed by atoms with Gasteiger partial charge in [-0.25, -0.2) is 0 Å². The highest BCUT2D eigenvalue weighted by molar-refractivity contribution is 6.27. The molecular weight excluding hydrogens is 891 g/mol. The molecule has 0 heterocycles. The highest BCUT2D eigenvalue weighted by atomic mass is 15.1. The average Bonchev–Trinajstić information content (AvgIpc) is 4.10. The topological polar surface area (TPSA) is 3.24 Å². The van der Waals surface area contributed by atoms with Gasteiger partial charge in [-0.3, -0.25) is 0 Å². The second kappa shape index (κ2) is 15.7. The summed E-state index contributed by atoms with van der Waals surface area (Å²) in [6, 6.07) is 103. The van der Waals surface area contributed by atoms with E-state index in [1.807, 2.05) is 0 Å². The molecule has 74 heavy (non-hydrogen) atoms. The van der Waals surface area contributed by atoms with Crippen molar-refractivity contribution >= 4 is 81.7 Å². The van der Waals surface area contributed by atoms with E-state index in [2.05, 4.69) is 278 Å². The second-order valence-electron chi connectivity index (χ2n) is 20.2. The summed E-state index contributed by atoms with van der Waals surface area (Å²) < 4.78 is 0. The minimum absolute atomic E-state index is 0.535. The Hall–Kier alpha value is -9.56. The van der Waals surface area contributed by atoms with Crippen molar-refractivity contribution in [3.05, 3.63) is 295 Å². The fourth-order valence-electron chi connectivity index (χ4n) is 13.5. The molecule has 0 saturated carbocycles. The minimum Gasteiger partial charge on any atom is -0.310 e. The largest absolute Gasteiger partial charge is 0.310 e. The summed E-state index contributed by atoms with van der Waals surface area (Å²) in [6.45, 7) is 0. The zero-order valence-electron chi connectivity index (χ0n) is 40.4. The lowest BCUT2D eigenvalue weighted by Crippen LogP contribution is -2.26. The first-order valence-corrected chi connectivity index (χ1v) is 25.8. The van der Waals surface area contributed by atoms with Crippen molar-refractivity contribution in [2.45, 2.75) is 5.41 Å². The SMILES string of the molecule is c1ccc(-c2ccc(-c3cc4c(cc3N(c3ccc5c6ccccc6c6ccccc6c5c3)c3ccc5c6ccccc6c6ccccc6c5c3)C3(c5ccccc5-c5ccccc53)c3ccccc3-4)cc2)cc1. The molecule has 0 amide bonds. The van der Waals surface area contributed by atoms with Crippen LogP contribution in [0, 0.1) is 0 Å². The monoisotopic (exact) mass is 935 g/mol. The standard InChI is InChI=1S/C73H45N/c1-2-18-46(19-3-1)47-34-36-48(37-35-47)64-44-67-63-30-14-17-33-70(63)73(68-31-15-12-28-61(68)62-29-13-16-32-69(62)73)71(67)45-72(64)74(49-38-40-59-55-24-6-4-20-51(55)53-22-8-10-26-57(53)65(59)42-49)50-39-41-60-56-25-7-5-21-52(56)54-23-9-11-27-58(54)66(60)43-50/h1-45H. The van der Waals surface area contributed by atoms with Gasteiger partial charge >= 0.3 is 0 Å². The number of fused-ring (bicyclic) bond motifs is 22. The van der Waals surface area contributed by atoms with Crippen LogP contribution in [0.25, 0.3) is 109 Å². The second-order valence-corrected chi connectivity index (χ2v) is 20.2. The van der Waals surface area contributed by atoms with Crippen LogP contribution in [-0.2, 0) is 5.41 Å². The Labute approximate surface area is 429 Å². The summed E-state index contributed by atoms with van der Waals surface area (Å²) in [7, 11) is 0. The predicted molar refractivity (Wildman–Crippen MR) is 313 cm³/mol. The molecule has 0 bridgehead atoms. The van der Waals surface area contributed by atoms with Gasteiger partial charge in [0.2, 0.25) is 0 Å². The molecule has 1 spiro atoms. The Morgan fingerprint density at radius 2 is 0.541 bits per heavy atom. The first-order valence-electron chi connectivity index (χ1n) is 25.8. The van der Waals surface area contributed by atoms with Crippen LogP contribution in [0.5, 0.6) is 0 Å². The van der Waals surface area contributed by atoms with Crippen molar-refractivity contribution in [2.75, 3.05) is 4.90 Å². The maximum Gasteiger partial charge on any atom is 0.0726 e. The molecule has 0 fully saturated rings. The maximum absolute atomic E-state index is 2.58. The van der Waals surface area contributed by atoms with Gasteiger partial charge in [-0.05, 0) is 162 Å². The highest BCUT2D eigenvalue weighted by Gasteiger charge is 2.52. The smallest absolute Gasteiger partial charge is 0.0726 e. The number of hydrogen-bond donors (Lipinski definition) is 0. The van der Waals surface area contributed by atoms with Crippen molar-refractivity contribution in [3.63, 3.8) is 0 Å². The van der Waals surface area contributed by atoms with Crippen molar-refractivity contribution < 1.29 is 0 Å². The van der Waals surface area contributed by atoms with E-state index < -0.39 is 5.41 Å². The lowest BCUT2D eigenvalue weighted by Gasteiger charge is -2.33. The molecule has 0 unspecified atom stereocenters. The van der Waals surface area contributed by atoms with Crippen LogP contribution in [0.3, 0.4) is 0 Å². The van der Waals surface area contributed by atoms with Gasteiger partial charge in [0.1, 0.15) is 0 Å². The molecule has 0 saturated heterocycles. The van der Waals surface area contributed by atoms with Gasteiger partial charge in [0, 0.05) is 16.9 Å². The molecule has 342 valence electrons. The Balaban J connectivity index is 1.05. The summed E-state index contributed by atoms with van der Waals surface area (Å²) >= 11 is 0. The third-order valence-electron chi connectivity index (χ3n) is 16.6. The van der Waals surface area contributed by atoms with E-state index in [0.29, 0.717) is 0 Å². The maximum atomic E-state index is 2.58. The van der Waals surface area contributed by atoms with Gasteiger partial charge in [0.05, 0.1) is 11.1 Å². The van der Waals surface area contributed by atoms with E-state index in [4.69, 9.17) is 0 Å². The molecule has 0 radical (unpaired) electrons. The molecule has 0 aliphatic heterocycles. The normalized spacial score (nSPS) is 13.0. The Morgan fingerprint density at radius 3 is 0.986 bits per heavy atom. The molecule has 0 aromatic heterocycles. The Bertz CT molecular complexity index is 4380. The van der Waals surface area contributed by atoms with Crippen LogP contribution in [-0.4, -0.2) is 0 Å². The minimum atomic E-state index is -0.535. The van der Waals surface area contributed by atoms with E-state index in [0.717, 1.165) is 22.6 Å². The highest BCUT2D eigenvalue weighted by Crippen LogP contribution is 2.64. The zero-order chi connectivity index (χ0) is 48.5. The quantitative estimate of drug-likeness (QED) is 0.155. The van der Waals surface area contributed by atoms with E-state index in [1.165, 1.54) is 126 Å². The van der Waals surface area contributed by atoms with E-state index in [-0.39, 0.29) is 0 Å². The molecule has 2 aliphatic carbocycles. The summed E-state index contributed by atoms with van der Waals surface area (Å²) in [6.07, 6.45) is 0. The number of rotatable bonds is 5. The van der Waals surface area contributed by atoms with Crippen molar-refractivity contribution in [3.8, 4) is 44.5 Å². The molecule has 2 aliphatic rings. The summed E-state index contributed by atoms with van der Waals surface area (Å²) in [5, 5.41) is 15.1. The molecule has 14 aromatic carbocycles. The van der Waals surface area contributed by atoms with Gasteiger partial charge in [0.25, 0.3) is 0 Å². The van der Waals surface area contributed by atoms with Crippen LogP contribution in [0.1, 0.15) is 22.3 Å². The number of benzene rings is 14. The summed E-state index contributed by atoms with van der Waals surface area (Å²) in [4.78, 5) is 2.58. The molecule has 0 N–H and O–H groups in total. The Kier molecular flexibility index (Phi) is 8.73. The molecule has 1 heteroatoms. The molecule has 14 aromatic rings. The van der Waals surface area contributed by atoms with Gasteiger partial charge in [-0.2, -0.15) is 0 Å². The first kappa shape index (κ1) is 41.1. The fourth-order valence-corrected chi connectivity index (χ4v) is 13.5. The molecule has 1 nitrogen and oxygen atoms in total. The molecular formula is C73H45N. The zero-order valence-corrected chi connectivity index (χ0v) is 40.4. The number of hydrogen-bond acceptors (Lipinski definition) is 1. The van der Waals surface area contributed by atoms with Crippen LogP contribution >= 0.6 is 0 Å². The predicted octanol–water partition coefficient (Wildman–Crippen LogP) is 19.8. The van der Waals surface area contributed by atoms with Crippen molar-refractivity contribution in [1.82, 2.24) is 0 Å². The number of nitrogens with zero attached hydrogens (tertiary/aromatic N) is 1. The Morgan fingerprint density at radius 1 is 0.203 bits per heavy atom. The lowest BCUT2D eigenvalue weighted by atomic mass is 9.70. The van der Waals surface area contributed by atoms with Gasteiger partial charge in [-0.1, -0.05) is 237 Å². The van der Waals surface area contributed by atoms with E-state index in [1.54, 1.807) is 0 Å². The number of anilines is 3. The summed E-state index contributed by atoms with van der Waals surface area (Å²) in [5.74, 6) is 0. The fraction of sp³-hybridized carbons (Fsp3) is 0.0137. The third kappa shape index (κ3) is 5.69. The third-order valence-corrected chi connectivity index (χ3v) is 16.6. The van der Waals surface area contributed by atoms with Gasteiger partial charge in [0.15, 0.2) is 0 Å². The van der Waals surface area contributed by atoms with Crippen LogP contribution in [0.2, 0.25) is 0 Å². The first-order chi connectivity index (χ1) is 36.7. The molecule has 16 rings (SSSR count). The van der Waals surface area contributed by atoms with Crippen molar-refractivity contribution in [1.29, 1.82) is 0 Å². The summed E-state index contributed by atoms with van der Waals surface area (Å²) in [5.41, 5.74) is 17.9. The lowest BCUT2D eigenvalue weighted by molar-refractivity contribution is 0.794. The van der Waals surface area contributed by atoms with Crippen molar-refractivity contribution in [2.24, 2.45) is 0 Å². The van der Waals surface area contributed by atoms with Crippen LogP contribution in [0.4, 0.5) is 17.1 Å². The average molecular weight is 936 g/mol. The van der Waals surface area contributed by atoms with Gasteiger partial charge < -0.3 is 4.90 Å². The van der Waals surface area contributed by atoms with E-state index >= 15 is 0 Å². The van der Waals surface area contributed by atoms with Gasteiger partial charge in [-0.15, -0.1) is 0 Å². The van der Waals surface area contributed by atoms with Crippen LogP contribution < -0.4 is 4.90 Å². The van der Waals surface area contributed by atoms with E-state index in [9.17, 15) is 0 Å². The molecule has 0 atom stereocenters. The van der Waals surface area contributed by atoms with Crippen LogP contribution in [0.15, 0.2) is 273 Å².